The van der Waals surface area contributed by atoms with Crippen LogP contribution in [0.5, 0.6) is 11.5 Å². The zero-order valence-corrected chi connectivity index (χ0v) is 21.6. The summed E-state index contributed by atoms with van der Waals surface area (Å²) >= 11 is 15.7. The van der Waals surface area contributed by atoms with Crippen LogP contribution in [0.1, 0.15) is 21.5 Å². The van der Waals surface area contributed by atoms with Crippen LogP contribution in [0.25, 0.3) is 5.69 Å². The van der Waals surface area contributed by atoms with E-state index in [2.05, 4.69) is 26.5 Å². The van der Waals surface area contributed by atoms with Crippen LogP contribution < -0.4 is 14.9 Å². The molecule has 4 rings (SSSR count). The Hall–Kier alpha value is -3.26. The lowest BCUT2D eigenvalue weighted by atomic mass is 10.1. The summed E-state index contributed by atoms with van der Waals surface area (Å²) in [7, 11) is 1.55. The molecule has 0 fully saturated rings. The molecule has 0 atom stereocenters. The fourth-order valence-electron chi connectivity index (χ4n) is 3.32. The summed E-state index contributed by atoms with van der Waals surface area (Å²) in [6, 6.07) is 19.9. The minimum Gasteiger partial charge on any atom is -0.493 e. The lowest BCUT2D eigenvalue weighted by Crippen LogP contribution is -2.19. The highest BCUT2D eigenvalue weighted by Crippen LogP contribution is 2.34. The predicted octanol–water partition coefficient (Wildman–Crippen LogP) is 6.90. The van der Waals surface area contributed by atoms with Gasteiger partial charge in [-0.25, -0.2) is 5.43 Å². The van der Waals surface area contributed by atoms with Crippen molar-refractivity contribution in [2.24, 2.45) is 5.10 Å². The maximum atomic E-state index is 12.8. The van der Waals surface area contributed by atoms with Gasteiger partial charge in [-0.1, -0.05) is 41.4 Å². The van der Waals surface area contributed by atoms with Crippen LogP contribution in [0.15, 0.2) is 88.7 Å². The molecule has 0 aliphatic carbocycles. The van der Waals surface area contributed by atoms with Gasteiger partial charge >= 0.3 is 0 Å². The Labute approximate surface area is 221 Å². The molecule has 0 aliphatic heterocycles. The van der Waals surface area contributed by atoms with E-state index < -0.39 is 0 Å². The third-order valence-electron chi connectivity index (χ3n) is 5.08. The first-order chi connectivity index (χ1) is 17.0. The summed E-state index contributed by atoms with van der Waals surface area (Å²) in [5.41, 5.74) is 5.33. The number of hydrazone groups is 1. The quantitative estimate of drug-likeness (QED) is 0.184. The number of halogens is 3. The van der Waals surface area contributed by atoms with E-state index in [0.29, 0.717) is 37.1 Å². The van der Waals surface area contributed by atoms with Crippen molar-refractivity contribution < 1.29 is 14.3 Å². The number of carbonyl (C=O) groups excluding carboxylic acids is 1. The summed E-state index contributed by atoms with van der Waals surface area (Å²) in [6.45, 7) is 0.239. The fraction of sp³-hybridized carbons (Fsp3) is 0.0769. The average Bonchev–Trinajstić information content (AvgIpc) is 3.39. The Balaban J connectivity index is 1.47. The van der Waals surface area contributed by atoms with Gasteiger partial charge in [0.25, 0.3) is 5.91 Å². The number of benzene rings is 3. The molecule has 0 unspecified atom stereocenters. The molecule has 6 nitrogen and oxygen atoms in total. The molecule has 1 aromatic heterocycles. The first-order valence-electron chi connectivity index (χ1n) is 10.5. The number of para-hydroxylation sites is 1. The van der Waals surface area contributed by atoms with Gasteiger partial charge in [-0.3, -0.25) is 4.79 Å². The Morgan fingerprint density at radius 3 is 2.57 bits per heavy atom. The number of hydrogen-bond acceptors (Lipinski definition) is 4. The SMILES string of the molecule is COc1cc(C=NNC(=O)c2ccccc2-n2cccc2)c(Br)cc1OCc1ccc(Cl)cc1Cl. The molecule has 9 heteroatoms. The largest absolute Gasteiger partial charge is 0.493 e. The van der Waals surface area contributed by atoms with Crippen LogP contribution in [0, 0.1) is 0 Å². The Kier molecular flexibility index (Phi) is 8.13. The lowest BCUT2D eigenvalue weighted by Gasteiger charge is -2.13. The zero-order valence-electron chi connectivity index (χ0n) is 18.5. The molecular formula is C26H20BrCl2N3O3. The molecule has 1 amide bonds. The first kappa shape index (κ1) is 24.9. The van der Waals surface area contributed by atoms with Crippen LogP contribution >= 0.6 is 39.1 Å². The molecule has 1 heterocycles. The van der Waals surface area contributed by atoms with Gasteiger partial charge in [0, 0.05) is 38.0 Å². The highest BCUT2D eigenvalue weighted by Gasteiger charge is 2.13. The van der Waals surface area contributed by atoms with Gasteiger partial charge in [0.15, 0.2) is 11.5 Å². The smallest absolute Gasteiger partial charge is 0.273 e. The van der Waals surface area contributed by atoms with E-state index in [1.165, 1.54) is 6.21 Å². The number of carbonyl (C=O) groups is 1. The molecule has 0 spiro atoms. The second kappa shape index (κ2) is 11.4. The van der Waals surface area contributed by atoms with Crippen molar-refractivity contribution in [2.45, 2.75) is 6.61 Å². The molecule has 1 N–H and O–H groups in total. The maximum Gasteiger partial charge on any atom is 0.273 e. The van der Waals surface area contributed by atoms with Crippen molar-refractivity contribution in [2.75, 3.05) is 7.11 Å². The standard InChI is InChI=1S/C26H20BrCl2N3O3/c1-34-24-12-18(21(27)14-25(24)35-16-17-8-9-19(28)13-22(17)29)15-30-31-26(33)20-6-2-3-7-23(20)32-10-4-5-11-32/h2-15H,16H2,1H3,(H,31,33). The number of hydrogen-bond donors (Lipinski definition) is 1. The van der Waals surface area contributed by atoms with Gasteiger partial charge in [0.2, 0.25) is 0 Å². The molecule has 3 aromatic carbocycles. The van der Waals surface area contributed by atoms with Crippen LogP contribution in [0.4, 0.5) is 0 Å². The summed E-state index contributed by atoms with van der Waals surface area (Å²) in [4.78, 5) is 12.8. The van der Waals surface area contributed by atoms with Crippen molar-refractivity contribution in [1.29, 1.82) is 0 Å². The van der Waals surface area contributed by atoms with Gasteiger partial charge in [-0.2, -0.15) is 5.10 Å². The monoisotopic (exact) mass is 571 g/mol. The van der Waals surface area contributed by atoms with Crippen molar-refractivity contribution >= 4 is 51.3 Å². The number of methoxy groups -OCH3 is 1. The number of rotatable bonds is 8. The number of nitrogens with zero attached hydrogens (tertiary/aromatic N) is 2. The molecule has 4 aromatic rings. The number of ether oxygens (including phenoxy) is 2. The number of aromatic nitrogens is 1. The molecule has 0 aliphatic rings. The van der Waals surface area contributed by atoms with Crippen molar-refractivity contribution in [1.82, 2.24) is 9.99 Å². The molecule has 0 radical (unpaired) electrons. The van der Waals surface area contributed by atoms with Crippen LogP contribution in [0.2, 0.25) is 10.0 Å². The minimum absolute atomic E-state index is 0.239. The number of nitrogens with one attached hydrogen (secondary N) is 1. The summed E-state index contributed by atoms with van der Waals surface area (Å²) in [5.74, 6) is 0.699. The zero-order chi connectivity index (χ0) is 24.8. The third kappa shape index (κ3) is 6.06. The lowest BCUT2D eigenvalue weighted by molar-refractivity contribution is 0.0955. The summed E-state index contributed by atoms with van der Waals surface area (Å²) in [5, 5.41) is 5.21. The van der Waals surface area contributed by atoms with Gasteiger partial charge in [0.05, 0.1) is 24.6 Å². The first-order valence-corrected chi connectivity index (χ1v) is 12.0. The molecule has 0 saturated carbocycles. The Morgan fingerprint density at radius 2 is 1.83 bits per heavy atom. The van der Waals surface area contributed by atoms with Crippen molar-refractivity contribution in [3.8, 4) is 17.2 Å². The number of amides is 1. The van der Waals surface area contributed by atoms with Crippen LogP contribution in [0.3, 0.4) is 0 Å². The molecule has 0 saturated heterocycles. The third-order valence-corrected chi connectivity index (χ3v) is 6.36. The maximum absolute atomic E-state index is 12.8. The minimum atomic E-state index is -0.326. The van der Waals surface area contributed by atoms with Gasteiger partial charge in [0.1, 0.15) is 6.61 Å². The van der Waals surface area contributed by atoms with Gasteiger partial charge < -0.3 is 14.0 Å². The highest BCUT2D eigenvalue weighted by atomic mass is 79.9. The summed E-state index contributed by atoms with van der Waals surface area (Å²) in [6.07, 6.45) is 5.29. The molecule has 178 valence electrons. The fourth-order valence-corrected chi connectivity index (χ4v) is 4.21. The van der Waals surface area contributed by atoms with Crippen LogP contribution in [-0.2, 0) is 6.61 Å². The Morgan fingerprint density at radius 1 is 1.06 bits per heavy atom. The van der Waals surface area contributed by atoms with Gasteiger partial charge in [-0.05, 0) is 64.5 Å². The van der Waals surface area contributed by atoms with E-state index in [1.807, 2.05) is 53.4 Å². The molecule has 0 bridgehead atoms. The Bertz CT molecular complexity index is 1370. The van der Waals surface area contributed by atoms with E-state index in [0.717, 1.165) is 11.3 Å². The van der Waals surface area contributed by atoms with E-state index in [4.69, 9.17) is 32.7 Å². The predicted molar refractivity (Wildman–Crippen MR) is 142 cm³/mol. The van der Waals surface area contributed by atoms with E-state index in [1.54, 1.807) is 37.4 Å². The van der Waals surface area contributed by atoms with Gasteiger partial charge in [-0.15, -0.1) is 0 Å². The van der Waals surface area contributed by atoms with Crippen molar-refractivity contribution in [3.63, 3.8) is 0 Å². The highest BCUT2D eigenvalue weighted by molar-refractivity contribution is 9.10. The van der Waals surface area contributed by atoms with E-state index in [-0.39, 0.29) is 12.5 Å². The summed E-state index contributed by atoms with van der Waals surface area (Å²) < 4.78 is 14.0. The van der Waals surface area contributed by atoms with E-state index in [9.17, 15) is 4.79 Å². The van der Waals surface area contributed by atoms with Crippen molar-refractivity contribution in [3.05, 3.63) is 110 Å². The normalized spacial score (nSPS) is 11.0. The molecule has 35 heavy (non-hydrogen) atoms. The average molecular weight is 573 g/mol. The second-order valence-corrected chi connectivity index (χ2v) is 9.05. The second-order valence-electron chi connectivity index (χ2n) is 7.36. The van der Waals surface area contributed by atoms with Crippen LogP contribution in [-0.4, -0.2) is 23.8 Å². The molecular weight excluding hydrogens is 553 g/mol. The van der Waals surface area contributed by atoms with E-state index >= 15 is 0 Å². The topological polar surface area (TPSA) is 64.8 Å².